The third-order valence-electron chi connectivity index (χ3n) is 5.69. The van der Waals surface area contributed by atoms with E-state index in [0.717, 1.165) is 30.5 Å². The minimum Gasteiger partial charge on any atom is -0.493 e. The summed E-state index contributed by atoms with van der Waals surface area (Å²) in [6.07, 6.45) is 1.73. The van der Waals surface area contributed by atoms with E-state index in [0.29, 0.717) is 24.6 Å². The summed E-state index contributed by atoms with van der Waals surface area (Å²) in [5.41, 5.74) is 3.31. The van der Waals surface area contributed by atoms with Gasteiger partial charge in [-0.05, 0) is 60.7 Å². The molecule has 0 unspecified atom stereocenters. The van der Waals surface area contributed by atoms with Crippen LogP contribution >= 0.6 is 0 Å². The molecule has 1 aliphatic rings. The third-order valence-corrected chi connectivity index (χ3v) is 5.69. The van der Waals surface area contributed by atoms with Crippen LogP contribution in [0, 0.1) is 5.82 Å². The van der Waals surface area contributed by atoms with Crippen molar-refractivity contribution in [2.24, 2.45) is 0 Å². The van der Waals surface area contributed by atoms with E-state index >= 15 is 0 Å². The van der Waals surface area contributed by atoms with Crippen LogP contribution < -0.4 is 20.1 Å². The van der Waals surface area contributed by atoms with E-state index < -0.39 is 0 Å². The summed E-state index contributed by atoms with van der Waals surface area (Å²) in [5.74, 6) is 1.12. The molecule has 0 aliphatic carbocycles. The number of methoxy groups -OCH3 is 2. The zero-order chi connectivity index (χ0) is 22.4. The van der Waals surface area contributed by atoms with Crippen molar-refractivity contribution in [1.82, 2.24) is 15.5 Å². The summed E-state index contributed by atoms with van der Waals surface area (Å²) in [7, 11) is 3.26. The molecule has 2 amide bonds. The summed E-state index contributed by atoms with van der Waals surface area (Å²) in [4.78, 5) is 14.7. The van der Waals surface area contributed by atoms with Gasteiger partial charge in [0.1, 0.15) is 5.82 Å². The number of nitrogens with one attached hydrogen (secondary N) is 2. The number of nitrogens with zero attached hydrogens (tertiary/aromatic N) is 1. The maximum absolute atomic E-state index is 13.4. The quantitative estimate of drug-likeness (QED) is 0.665. The molecule has 0 bridgehead atoms. The van der Waals surface area contributed by atoms with Crippen molar-refractivity contribution >= 4 is 6.03 Å². The number of fused-ring (bicyclic) bond motifs is 1. The topological polar surface area (TPSA) is 62.8 Å². The maximum Gasteiger partial charge on any atom is 0.315 e. The summed E-state index contributed by atoms with van der Waals surface area (Å²) in [5, 5.41) is 5.98. The molecule has 0 spiro atoms. The standard InChI is InChI=1S/C24H32FN3O3/c1-5-11-26-24(29)27-16(2)23-20-14-22(31-4)21(30-3)13-18(20)10-12-28(23)15-17-6-8-19(25)9-7-17/h6-9,13-14,16,23H,5,10-12,15H2,1-4H3,(H2,26,27,29)/t16-,23-/m0/s1. The van der Waals surface area contributed by atoms with E-state index in [-0.39, 0.29) is 23.9 Å². The molecular formula is C24H32FN3O3. The summed E-state index contributed by atoms with van der Waals surface area (Å²) >= 11 is 0. The van der Waals surface area contributed by atoms with Crippen LogP contribution in [-0.4, -0.2) is 44.3 Å². The van der Waals surface area contributed by atoms with Gasteiger partial charge in [0.25, 0.3) is 0 Å². The van der Waals surface area contributed by atoms with Crippen LogP contribution in [0.4, 0.5) is 9.18 Å². The Balaban J connectivity index is 1.93. The van der Waals surface area contributed by atoms with Crippen LogP contribution in [0.25, 0.3) is 0 Å². The maximum atomic E-state index is 13.4. The lowest BCUT2D eigenvalue weighted by Gasteiger charge is -2.41. The molecule has 1 aliphatic heterocycles. The molecular weight excluding hydrogens is 397 g/mol. The van der Waals surface area contributed by atoms with Gasteiger partial charge in [-0.25, -0.2) is 9.18 Å². The van der Waals surface area contributed by atoms with Crippen molar-refractivity contribution in [2.45, 2.75) is 45.3 Å². The molecule has 7 heteroatoms. The number of carbonyl (C=O) groups excluding carboxylic acids is 1. The number of ether oxygens (including phenoxy) is 2. The zero-order valence-electron chi connectivity index (χ0n) is 18.7. The molecule has 168 valence electrons. The van der Waals surface area contributed by atoms with E-state index in [1.54, 1.807) is 14.2 Å². The van der Waals surface area contributed by atoms with Gasteiger partial charge < -0.3 is 20.1 Å². The molecule has 2 aromatic rings. The molecule has 0 fully saturated rings. The lowest BCUT2D eigenvalue weighted by Crippen LogP contribution is -2.49. The first-order chi connectivity index (χ1) is 15.0. The van der Waals surface area contributed by atoms with Crippen molar-refractivity contribution in [3.05, 3.63) is 58.9 Å². The smallest absolute Gasteiger partial charge is 0.315 e. The molecule has 6 nitrogen and oxygen atoms in total. The lowest BCUT2D eigenvalue weighted by atomic mass is 9.87. The van der Waals surface area contributed by atoms with Crippen LogP contribution in [0.15, 0.2) is 36.4 Å². The highest BCUT2D eigenvalue weighted by atomic mass is 19.1. The van der Waals surface area contributed by atoms with E-state index in [1.165, 1.54) is 17.7 Å². The summed E-state index contributed by atoms with van der Waals surface area (Å²) in [6.45, 7) is 6.13. The molecule has 0 saturated carbocycles. The number of benzene rings is 2. The summed E-state index contributed by atoms with van der Waals surface area (Å²) < 4.78 is 24.4. The van der Waals surface area contributed by atoms with Gasteiger partial charge in [-0.3, -0.25) is 4.90 Å². The average Bonchev–Trinajstić information content (AvgIpc) is 2.77. The number of halogens is 1. The second kappa shape index (κ2) is 10.5. The van der Waals surface area contributed by atoms with Gasteiger partial charge >= 0.3 is 6.03 Å². The SMILES string of the molecule is CCCNC(=O)N[C@@H](C)[C@H]1c2cc(OC)c(OC)cc2CCN1Cc1ccc(F)cc1. The Morgan fingerprint density at radius 2 is 1.87 bits per heavy atom. The lowest BCUT2D eigenvalue weighted by molar-refractivity contribution is 0.143. The van der Waals surface area contributed by atoms with E-state index in [9.17, 15) is 9.18 Å². The number of amides is 2. The molecule has 0 saturated heterocycles. The fourth-order valence-electron chi connectivity index (χ4n) is 4.19. The Morgan fingerprint density at radius 1 is 1.19 bits per heavy atom. The molecule has 31 heavy (non-hydrogen) atoms. The van der Waals surface area contributed by atoms with Gasteiger partial charge in [0.05, 0.1) is 20.3 Å². The predicted octanol–water partition coefficient (Wildman–Crippen LogP) is 4.04. The first kappa shape index (κ1) is 22.9. The average molecular weight is 430 g/mol. The highest BCUT2D eigenvalue weighted by Gasteiger charge is 2.33. The first-order valence-corrected chi connectivity index (χ1v) is 10.7. The van der Waals surface area contributed by atoms with Gasteiger partial charge in [0.15, 0.2) is 11.5 Å². The van der Waals surface area contributed by atoms with E-state index in [2.05, 4.69) is 15.5 Å². The van der Waals surface area contributed by atoms with Crippen molar-refractivity contribution < 1.29 is 18.7 Å². The molecule has 2 N–H and O–H groups in total. The minimum absolute atomic E-state index is 0.0685. The van der Waals surface area contributed by atoms with Gasteiger partial charge in [-0.1, -0.05) is 19.1 Å². The van der Waals surface area contributed by atoms with Crippen LogP contribution in [0.2, 0.25) is 0 Å². The van der Waals surface area contributed by atoms with Crippen LogP contribution in [0.3, 0.4) is 0 Å². The zero-order valence-corrected chi connectivity index (χ0v) is 18.7. The van der Waals surface area contributed by atoms with Gasteiger partial charge in [0, 0.05) is 25.7 Å². The van der Waals surface area contributed by atoms with Crippen LogP contribution in [0.1, 0.15) is 43.0 Å². The first-order valence-electron chi connectivity index (χ1n) is 10.7. The fraction of sp³-hybridized carbons (Fsp3) is 0.458. The van der Waals surface area contributed by atoms with Gasteiger partial charge in [-0.15, -0.1) is 0 Å². The molecule has 0 aromatic heterocycles. The Hall–Kier alpha value is -2.80. The van der Waals surface area contributed by atoms with Crippen molar-refractivity contribution in [3.63, 3.8) is 0 Å². The molecule has 3 rings (SSSR count). The van der Waals surface area contributed by atoms with Crippen LogP contribution in [-0.2, 0) is 13.0 Å². The number of carbonyl (C=O) groups is 1. The van der Waals surface area contributed by atoms with E-state index in [4.69, 9.17) is 9.47 Å². The second-order valence-corrected chi connectivity index (χ2v) is 7.89. The normalized spacial score (nSPS) is 16.9. The van der Waals surface area contributed by atoms with Crippen molar-refractivity contribution in [3.8, 4) is 11.5 Å². The van der Waals surface area contributed by atoms with Gasteiger partial charge in [-0.2, -0.15) is 0 Å². The second-order valence-electron chi connectivity index (χ2n) is 7.89. The summed E-state index contributed by atoms with van der Waals surface area (Å²) in [6, 6.07) is 10.2. The van der Waals surface area contributed by atoms with Crippen LogP contribution in [0.5, 0.6) is 11.5 Å². The molecule has 1 heterocycles. The number of hydrogen-bond donors (Lipinski definition) is 2. The minimum atomic E-state index is -0.247. The predicted molar refractivity (Wildman–Crippen MR) is 119 cm³/mol. The number of urea groups is 1. The van der Waals surface area contributed by atoms with Crippen molar-refractivity contribution in [2.75, 3.05) is 27.3 Å². The molecule has 2 atom stereocenters. The molecule has 2 aromatic carbocycles. The highest BCUT2D eigenvalue weighted by molar-refractivity contribution is 5.74. The Kier molecular flexibility index (Phi) is 7.74. The molecule has 0 radical (unpaired) electrons. The number of rotatable bonds is 8. The van der Waals surface area contributed by atoms with Gasteiger partial charge in [0.2, 0.25) is 0 Å². The van der Waals surface area contributed by atoms with Crippen molar-refractivity contribution in [1.29, 1.82) is 0 Å². The number of hydrogen-bond acceptors (Lipinski definition) is 4. The third kappa shape index (κ3) is 5.47. The Bertz CT molecular complexity index is 888. The van der Waals surface area contributed by atoms with E-state index in [1.807, 2.05) is 38.1 Å². The Morgan fingerprint density at radius 3 is 2.52 bits per heavy atom. The largest absolute Gasteiger partial charge is 0.493 e. The monoisotopic (exact) mass is 429 g/mol. The Labute approximate surface area is 183 Å². The fourth-order valence-corrected chi connectivity index (χ4v) is 4.19. The highest BCUT2D eigenvalue weighted by Crippen LogP contribution is 2.40.